The van der Waals surface area contributed by atoms with Crippen molar-refractivity contribution in [1.29, 1.82) is 0 Å². The second kappa shape index (κ2) is 34.0. The zero-order chi connectivity index (χ0) is 37.8. The lowest BCUT2D eigenvalue weighted by atomic mass is 10.1. The number of amides is 1. The van der Waals surface area contributed by atoms with Crippen molar-refractivity contribution in [3.8, 4) is 0 Å². The van der Waals surface area contributed by atoms with Crippen LogP contribution in [0.15, 0.2) is 72.9 Å². The summed E-state index contributed by atoms with van der Waals surface area (Å²) in [7, 11) is -4.77. The van der Waals surface area contributed by atoms with Crippen molar-refractivity contribution in [3.63, 3.8) is 0 Å². The fraction of sp³-hybridized carbons (Fsp3) is 0.615. The van der Waals surface area contributed by atoms with Gasteiger partial charge in [0.2, 0.25) is 5.91 Å². The number of hydrogen-bond acceptors (Lipinski definition) is 8. The number of ether oxygens (including phenoxy) is 1. The molecule has 51 heavy (non-hydrogen) atoms. The van der Waals surface area contributed by atoms with E-state index < -0.39 is 57.6 Å². The number of unbranched alkanes of at least 4 members (excludes halogenated alkanes) is 7. The average molecular weight is 738 g/mol. The number of allylic oxidation sites excluding steroid dienone is 12. The Labute approximate surface area is 306 Å². The highest BCUT2D eigenvalue weighted by atomic mass is 31.2. The monoisotopic (exact) mass is 737 g/mol. The van der Waals surface area contributed by atoms with Gasteiger partial charge in [-0.3, -0.25) is 18.6 Å². The van der Waals surface area contributed by atoms with Crippen LogP contribution in [0.25, 0.3) is 0 Å². The van der Waals surface area contributed by atoms with E-state index in [-0.39, 0.29) is 12.8 Å². The van der Waals surface area contributed by atoms with Crippen LogP contribution in [0.5, 0.6) is 0 Å². The Morgan fingerprint density at radius 3 is 1.76 bits per heavy atom. The predicted octanol–water partition coefficient (Wildman–Crippen LogP) is 8.60. The first kappa shape index (κ1) is 47.9. The van der Waals surface area contributed by atoms with Crippen molar-refractivity contribution < 1.29 is 47.8 Å². The first-order chi connectivity index (χ1) is 24.6. The van der Waals surface area contributed by atoms with Gasteiger partial charge in [0.15, 0.2) is 6.04 Å². The van der Waals surface area contributed by atoms with Crippen LogP contribution in [0.3, 0.4) is 0 Å². The molecule has 0 spiro atoms. The lowest BCUT2D eigenvalue weighted by molar-refractivity contribution is -0.147. The molecule has 0 aliphatic carbocycles. The summed E-state index contributed by atoms with van der Waals surface area (Å²) in [6.45, 7) is 2.32. The highest BCUT2D eigenvalue weighted by molar-refractivity contribution is 7.47. The molecule has 3 atom stereocenters. The highest BCUT2D eigenvalue weighted by Crippen LogP contribution is 2.43. The highest BCUT2D eigenvalue weighted by Gasteiger charge is 2.28. The zero-order valence-corrected chi connectivity index (χ0v) is 31.8. The number of rotatable bonds is 33. The maximum absolute atomic E-state index is 12.2. The molecule has 0 aliphatic heterocycles. The molecule has 0 rings (SSSR count). The number of hydrogen-bond donors (Lipinski definition) is 4. The van der Waals surface area contributed by atoms with E-state index in [1.807, 2.05) is 12.2 Å². The molecular weight excluding hydrogens is 673 g/mol. The number of carbonyl (C=O) groups is 3. The third-order valence-corrected chi connectivity index (χ3v) is 8.16. The Morgan fingerprint density at radius 2 is 1.16 bits per heavy atom. The number of nitrogens with one attached hydrogen (secondary N) is 1. The predicted molar refractivity (Wildman–Crippen MR) is 203 cm³/mol. The molecule has 1 amide bonds. The molecule has 0 aromatic carbocycles. The van der Waals surface area contributed by atoms with Crippen molar-refractivity contribution in [2.24, 2.45) is 0 Å². The first-order valence-corrected chi connectivity index (χ1v) is 20.0. The van der Waals surface area contributed by atoms with E-state index >= 15 is 0 Å². The van der Waals surface area contributed by atoms with Crippen molar-refractivity contribution in [3.05, 3.63) is 72.9 Å². The number of carboxylic acids is 1. The van der Waals surface area contributed by atoms with E-state index in [1.165, 1.54) is 0 Å². The van der Waals surface area contributed by atoms with Gasteiger partial charge in [-0.05, 0) is 70.6 Å². The maximum Gasteiger partial charge on any atom is 0.472 e. The van der Waals surface area contributed by atoms with Gasteiger partial charge in [-0.15, -0.1) is 0 Å². The average Bonchev–Trinajstić information content (AvgIpc) is 3.10. The van der Waals surface area contributed by atoms with Gasteiger partial charge in [0.1, 0.15) is 12.7 Å². The summed E-state index contributed by atoms with van der Waals surface area (Å²) in [4.78, 5) is 45.6. The Balaban J connectivity index is 4.11. The molecule has 12 heteroatoms. The first-order valence-electron chi connectivity index (χ1n) is 18.5. The molecule has 3 unspecified atom stereocenters. The molecule has 0 saturated heterocycles. The molecule has 0 aromatic rings. The molecule has 0 fully saturated rings. The summed E-state index contributed by atoms with van der Waals surface area (Å²) in [6.07, 6.45) is 38.1. The summed E-state index contributed by atoms with van der Waals surface area (Å²) in [5.41, 5.74) is 0. The molecule has 0 bridgehead atoms. The van der Waals surface area contributed by atoms with E-state index in [0.29, 0.717) is 19.3 Å². The minimum Gasteiger partial charge on any atom is -0.480 e. The molecular formula is C39H64NO10P. The summed E-state index contributed by atoms with van der Waals surface area (Å²) >= 11 is 0. The number of aliphatic hydroxyl groups excluding tert-OH is 1. The van der Waals surface area contributed by atoms with E-state index in [9.17, 15) is 34.1 Å². The van der Waals surface area contributed by atoms with Gasteiger partial charge in [-0.1, -0.05) is 112 Å². The van der Waals surface area contributed by atoms with Crippen LogP contribution >= 0.6 is 7.82 Å². The normalized spacial score (nSPS) is 14.7. The maximum atomic E-state index is 12.2. The molecule has 0 aliphatic rings. The van der Waals surface area contributed by atoms with Crippen LogP contribution in [0.4, 0.5) is 0 Å². The molecule has 0 radical (unpaired) electrons. The number of carbonyl (C=O) groups excluding carboxylic acids is 2. The molecule has 290 valence electrons. The second-order valence-corrected chi connectivity index (χ2v) is 13.5. The molecule has 0 heterocycles. The van der Waals surface area contributed by atoms with E-state index in [0.717, 1.165) is 77.0 Å². The Kier molecular flexibility index (Phi) is 32.0. The van der Waals surface area contributed by atoms with Crippen molar-refractivity contribution >= 4 is 25.7 Å². The Morgan fingerprint density at radius 1 is 0.647 bits per heavy atom. The third-order valence-electron chi connectivity index (χ3n) is 7.21. The van der Waals surface area contributed by atoms with E-state index in [2.05, 4.69) is 79.9 Å². The minimum absolute atomic E-state index is 0.0628. The second-order valence-electron chi connectivity index (χ2n) is 12.0. The van der Waals surface area contributed by atoms with Gasteiger partial charge in [0.05, 0.1) is 13.2 Å². The SMILES string of the molecule is CC/C=C\C/C=C\C/C=C\C/C=C\C/C=C\CCCC(=O)NC(COP(=O)(O)OCC(O)COC(=O)CCCCCCC/C=C\CCC)C(=O)O. The van der Waals surface area contributed by atoms with Gasteiger partial charge in [0, 0.05) is 12.8 Å². The summed E-state index contributed by atoms with van der Waals surface area (Å²) < 4.78 is 26.6. The van der Waals surface area contributed by atoms with E-state index in [4.69, 9.17) is 13.8 Å². The topological polar surface area (TPSA) is 169 Å². The van der Waals surface area contributed by atoms with Crippen LogP contribution in [0.1, 0.15) is 123 Å². The van der Waals surface area contributed by atoms with Gasteiger partial charge >= 0.3 is 19.8 Å². The van der Waals surface area contributed by atoms with Gasteiger partial charge in [-0.2, -0.15) is 0 Å². The van der Waals surface area contributed by atoms with Crippen LogP contribution < -0.4 is 5.32 Å². The smallest absolute Gasteiger partial charge is 0.472 e. The number of phosphoric ester groups is 1. The lowest BCUT2D eigenvalue weighted by Gasteiger charge is -2.18. The summed E-state index contributed by atoms with van der Waals surface area (Å²) in [5, 5.41) is 21.7. The largest absolute Gasteiger partial charge is 0.480 e. The van der Waals surface area contributed by atoms with Crippen LogP contribution in [-0.2, 0) is 32.7 Å². The molecule has 0 aromatic heterocycles. The van der Waals surface area contributed by atoms with Crippen molar-refractivity contribution in [2.75, 3.05) is 19.8 Å². The van der Waals surface area contributed by atoms with Crippen molar-refractivity contribution in [1.82, 2.24) is 5.32 Å². The molecule has 4 N–H and O–H groups in total. The number of carboxylic acid groups (broad SMARTS) is 1. The third kappa shape index (κ3) is 33.8. The number of esters is 1. The fourth-order valence-corrected chi connectivity index (χ4v) is 5.12. The fourth-order valence-electron chi connectivity index (χ4n) is 4.35. The standard InChI is InChI=1S/C39H64NO10P/c1-3-5-7-9-11-13-15-16-17-18-19-20-21-22-24-26-28-30-37(42)40-36(39(44)45)34-50-51(46,47)49-33-35(41)32-48-38(43)31-29-27-25-23-14-12-10-8-6-4-2/h5,7-8,10-11,13,16-17,19-20,22,24,35-36,41H,3-4,6,9,12,14-15,18,21,23,25-34H2,1-2H3,(H,40,42)(H,44,45)(H,46,47)/b7-5-,10-8-,13-11-,17-16-,20-19-,24-22-. The van der Waals surface area contributed by atoms with E-state index in [1.54, 1.807) is 0 Å². The van der Waals surface area contributed by atoms with Gasteiger partial charge < -0.3 is 25.2 Å². The van der Waals surface area contributed by atoms with Crippen LogP contribution in [0, 0.1) is 0 Å². The number of aliphatic carboxylic acids is 1. The van der Waals surface area contributed by atoms with Gasteiger partial charge in [-0.25, -0.2) is 9.36 Å². The zero-order valence-electron chi connectivity index (χ0n) is 30.9. The van der Waals surface area contributed by atoms with Gasteiger partial charge in [0.25, 0.3) is 0 Å². The van der Waals surface area contributed by atoms with Crippen LogP contribution in [-0.4, -0.2) is 64.9 Å². The molecule has 0 saturated carbocycles. The number of aliphatic hydroxyl groups is 1. The number of phosphoric acid groups is 1. The van der Waals surface area contributed by atoms with Crippen LogP contribution in [0.2, 0.25) is 0 Å². The van der Waals surface area contributed by atoms with Crippen molar-refractivity contribution in [2.45, 2.75) is 135 Å². The summed E-state index contributed by atoms with van der Waals surface area (Å²) in [5.74, 6) is -2.48. The Bertz CT molecular complexity index is 1140. The summed E-state index contributed by atoms with van der Waals surface area (Å²) in [6, 6.07) is -1.58. The minimum atomic E-state index is -4.77. The quantitative estimate of drug-likeness (QED) is 0.0221. The lowest BCUT2D eigenvalue weighted by Crippen LogP contribution is -2.43. The molecule has 11 nitrogen and oxygen atoms in total. The Hall–Kier alpha value is -3.08.